The van der Waals surface area contributed by atoms with Crippen LogP contribution in [-0.2, 0) is 22.3 Å². The summed E-state index contributed by atoms with van der Waals surface area (Å²) in [6, 6.07) is 6.31. The second kappa shape index (κ2) is 11.4. The summed E-state index contributed by atoms with van der Waals surface area (Å²) in [5.74, 6) is -3.44. The van der Waals surface area contributed by atoms with Crippen molar-refractivity contribution in [3.05, 3.63) is 74.9 Å². The number of nitrogens with zero attached hydrogens (tertiary/aromatic N) is 7. The zero-order valence-electron chi connectivity index (χ0n) is 21.3. The molecule has 218 valence electrons. The Morgan fingerprint density at radius 1 is 1.17 bits per heavy atom. The normalized spacial score (nSPS) is 15.0. The van der Waals surface area contributed by atoms with Crippen LogP contribution in [0.15, 0.2) is 36.5 Å². The molecular weight excluding hydrogens is 606 g/mol. The molecule has 1 aromatic carbocycles. The largest absolute Gasteiger partial charge is 0.464 e. The van der Waals surface area contributed by atoms with E-state index in [0.717, 1.165) is 4.68 Å². The number of pyridine rings is 1. The molecule has 5 rings (SSSR count). The van der Waals surface area contributed by atoms with E-state index in [0.29, 0.717) is 10.4 Å². The van der Waals surface area contributed by atoms with Crippen LogP contribution in [0.1, 0.15) is 44.3 Å². The van der Waals surface area contributed by atoms with Gasteiger partial charge in [0.1, 0.15) is 18.3 Å². The van der Waals surface area contributed by atoms with Gasteiger partial charge in [-0.1, -0.05) is 23.2 Å². The SMILES string of the molecule is Cc1cc(Cl)cc(C(=O)N[C@@H]2CCOC2=O)c1NC(=O)c1cc(Cn2nnc(C(F)(F)F)n2)nn1-c1ncccc1Cl. The van der Waals surface area contributed by atoms with E-state index in [1.165, 1.54) is 30.5 Å². The third kappa shape index (κ3) is 6.03. The number of aryl methyl sites for hydroxylation is 1. The van der Waals surface area contributed by atoms with Gasteiger partial charge in [0.05, 0.1) is 28.6 Å². The summed E-state index contributed by atoms with van der Waals surface area (Å²) in [7, 11) is 0. The summed E-state index contributed by atoms with van der Waals surface area (Å²) < 4.78 is 44.8. The molecule has 2 amide bonds. The van der Waals surface area contributed by atoms with Crippen LogP contribution in [0.3, 0.4) is 0 Å². The molecule has 0 unspecified atom stereocenters. The molecule has 1 fully saturated rings. The van der Waals surface area contributed by atoms with Gasteiger partial charge in [-0.3, -0.25) is 9.59 Å². The van der Waals surface area contributed by atoms with Gasteiger partial charge in [0, 0.05) is 17.6 Å². The molecule has 13 nitrogen and oxygen atoms in total. The van der Waals surface area contributed by atoms with E-state index < -0.39 is 35.8 Å². The van der Waals surface area contributed by atoms with Crippen LogP contribution in [0.25, 0.3) is 5.82 Å². The number of alkyl halides is 3. The van der Waals surface area contributed by atoms with Gasteiger partial charge in [0.2, 0.25) is 0 Å². The number of benzene rings is 1. The minimum atomic E-state index is -4.80. The lowest BCUT2D eigenvalue weighted by molar-refractivity contribution is -0.145. The summed E-state index contributed by atoms with van der Waals surface area (Å²) >= 11 is 12.5. The second-order valence-corrected chi connectivity index (χ2v) is 9.81. The molecule has 4 aromatic rings. The summed E-state index contributed by atoms with van der Waals surface area (Å²) in [5, 5.41) is 19.5. The van der Waals surface area contributed by atoms with Crippen molar-refractivity contribution in [2.75, 3.05) is 11.9 Å². The zero-order chi connectivity index (χ0) is 30.2. The number of carbonyl (C=O) groups excluding carboxylic acids is 3. The van der Waals surface area contributed by atoms with Gasteiger partial charge in [0.15, 0.2) is 5.82 Å². The molecule has 1 aliphatic rings. The number of esters is 1. The van der Waals surface area contributed by atoms with E-state index in [4.69, 9.17) is 27.9 Å². The fourth-order valence-corrected chi connectivity index (χ4v) is 4.54. The van der Waals surface area contributed by atoms with Crippen molar-refractivity contribution in [1.82, 2.24) is 40.3 Å². The number of carbonyl (C=O) groups is 3. The molecule has 42 heavy (non-hydrogen) atoms. The van der Waals surface area contributed by atoms with Crippen LogP contribution in [0, 0.1) is 6.92 Å². The van der Waals surface area contributed by atoms with Crippen molar-refractivity contribution in [3.63, 3.8) is 0 Å². The first kappa shape index (κ1) is 28.9. The maximum absolute atomic E-state index is 13.6. The predicted octanol–water partition coefficient (Wildman–Crippen LogP) is 3.23. The number of aromatic nitrogens is 7. The number of cyclic esters (lactones) is 1. The minimum absolute atomic E-state index is 0.0262. The lowest BCUT2D eigenvalue weighted by Crippen LogP contribution is -2.38. The van der Waals surface area contributed by atoms with Gasteiger partial charge < -0.3 is 15.4 Å². The van der Waals surface area contributed by atoms with Crippen molar-refractivity contribution in [2.24, 2.45) is 0 Å². The average Bonchev–Trinajstić information content (AvgIpc) is 3.66. The van der Waals surface area contributed by atoms with Crippen LogP contribution in [-0.4, -0.2) is 65.4 Å². The number of nitrogens with one attached hydrogen (secondary N) is 2. The molecule has 0 aliphatic carbocycles. The molecule has 18 heteroatoms. The number of ether oxygens (including phenoxy) is 1. The molecule has 2 N–H and O–H groups in total. The van der Waals surface area contributed by atoms with Crippen molar-refractivity contribution < 1.29 is 32.3 Å². The molecule has 0 saturated carbocycles. The lowest BCUT2D eigenvalue weighted by atomic mass is 10.1. The Labute approximate surface area is 243 Å². The predicted molar refractivity (Wildman–Crippen MR) is 139 cm³/mol. The van der Waals surface area contributed by atoms with E-state index in [9.17, 15) is 27.6 Å². The number of hydrogen-bond donors (Lipinski definition) is 2. The molecular formula is C24H18Cl2F3N9O4. The van der Waals surface area contributed by atoms with Gasteiger partial charge in [0.25, 0.3) is 17.6 Å². The first-order valence-electron chi connectivity index (χ1n) is 12.0. The van der Waals surface area contributed by atoms with Crippen LogP contribution < -0.4 is 10.6 Å². The minimum Gasteiger partial charge on any atom is -0.464 e. The maximum atomic E-state index is 13.6. The monoisotopic (exact) mass is 623 g/mol. The molecule has 0 bridgehead atoms. The van der Waals surface area contributed by atoms with Crippen LogP contribution >= 0.6 is 23.2 Å². The number of rotatable bonds is 7. The standard InChI is InChI=1S/C24H18Cl2F3N9O4/c1-11-7-12(25)8-14(20(39)31-16-4-6-42-22(16)41)18(11)32-21(40)17-9-13(10-37-35-23(33-36-37)24(27,28)29)34-38(17)19-15(26)3-2-5-30-19/h2-3,5,7-9,16H,4,6,10H2,1H3,(H,31,39)(H,32,40)/t16-/m1/s1. The Morgan fingerprint density at radius 2 is 1.95 bits per heavy atom. The quantitative estimate of drug-likeness (QED) is 0.295. The first-order chi connectivity index (χ1) is 19.9. The number of hydrogen-bond acceptors (Lipinski definition) is 9. The Morgan fingerprint density at radius 3 is 2.62 bits per heavy atom. The van der Waals surface area contributed by atoms with E-state index >= 15 is 0 Å². The highest BCUT2D eigenvalue weighted by Gasteiger charge is 2.37. The summed E-state index contributed by atoms with van der Waals surface area (Å²) in [4.78, 5) is 43.5. The van der Waals surface area contributed by atoms with Crippen molar-refractivity contribution >= 4 is 46.7 Å². The first-order valence-corrected chi connectivity index (χ1v) is 12.8. The Hall–Kier alpha value is -4.57. The highest BCUT2D eigenvalue weighted by atomic mass is 35.5. The topological polar surface area (TPSA) is 159 Å². The lowest BCUT2D eigenvalue weighted by Gasteiger charge is -2.16. The van der Waals surface area contributed by atoms with E-state index in [2.05, 4.69) is 36.1 Å². The number of halogens is 5. The highest BCUT2D eigenvalue weighted by molar-refractivity contribution is 6.32. The summed E-state index contributed by atoms with van der Waals surface area (Å²) in [6.45, 7) is 1.38. The molecule has 0 radical (unpaired) electrons. The van der Waals surface area contributed by atoms with Crippen LogP contribution in [0.4, 0.5) is 18.9 Å². The molecule has 1 saturated heterocycles. The highest BCUT2D eigenvalue weighted by Crippen LogP contribution is 2.28. The molecule has 4 heterocycles. The third-order valence-corrected chi connectivity index (χ3v) is 6.48. The van der Waals surface area contributed by atoms with Gasteiger partial charge >= 0.3 is 12.1 Å². The van der Waals surface area contributed by atoms with E-state index in [1.807, 2.05) is 0 Å². The van der Waals surface area contributed by atoms with Gasteiger partial charge in [-0.05, 0) is 48.0 Å². The van der Waals surface area contributed by atoms with Crippen molar-refractivity contribution in [3.8, 4) is 5.82 Å². The van der Waals surface area contributed by atoms with Gasteiger partial charge in [-0.25, -0.2) is 14.5 Å². The van der Waals surface area contributed by atoms with Crippen LogP contribution in [0.2, 0.25) is 10.0 Å². The second-order valence-electron chi connectivity index (χ2n) is 8.96. The average molecular weight is 624 g/mol. The summed E-state index contributed by atoms with van der Waals surface area (Å²) in [5.41, 5.74) is 0.410. The number of amides is 2. The zero-order valence-corrected chi connectivity index (χ0v) is 22.8. The Bertz CT molecular complexity index is 1710. The van der Waals surface area contributed by atoms with E-state index in [1.54, 1.807) is 13.0 Å². The van der Waals surface area contributed by atoms with Crippen molar-refractivity contribution in [1.29, 1.82) is 0 Å². The molecule has 3 aromatic heterocycles. The maximum Gasteiger partial charge on any atom is 0.455 e. The molecule has 1 aliphatic heterocycles. The molecule has 1 atom stereocenters. The van der Waals surface area contributed by atoms with Gasteiger partial charge in [-0.2, -0.15) is 23.1 Å². The molecule has 0 spiro atoms. The number of anilines is 1. The fourth-order valence-electron chi connectivity index (χ4n) is 4.06. The number of tetrazole rings is 1. The van der Waals surface area contributed by atoms with E-state index in [-0.39, 0.29) is 58.1 Å². The fraction of sp³-hybridized carbons (Fsp3) is 0.250. The summed E-state index contributed by atoms with van der Waals surface area (Å²) in [6.07, 6.45) is -3.12. The smallest absolute Gasteiger partial charge is 0.455 e. The van der Waals surface area contributed by atoms with Gasteiger partial charge in [-0.15, -0.1) is 10.2 Å². The van der Waals surface area contributed by atoms with Crippen molar-refractivity contribution in [2.45, 2.75) is 32.1 Å². The van der Waals surface area contributed by atoms with Crippen LogP contribution in [0.5, 0.6) is 0 Å². The Balaban J connectivity index is 1.49. The Kier molecular flexibility index (Phi) is 7.83. The third-order valence-electron chi connectivity index (χ3n) is 5.97.